The quantitative estimate of drug-likeness (QED) is 0.368. The summed E-state index contributed by atoms with van der Waals surface area (Å²) in [5.74, 6) is 1.75. The molecular formula is C27H28ClN3O2. The van der Waals surface area contributed by atoms with Gasteiger partial charge in [-0.05, 0) is 60.9 Å². The molecule has 33 heavy (non-hydrogen) atoms. The maximum atomic E-state index is 12.4. The van der Waals surface area contributed by atoms with E-state index in [9.17, 15) is 4.79 Å². The fourth-order valence-electron chi connectivity index (χ4n) is 3.89. The van der Waals surface area contributed by atoms with Gasteiger partial charge >= 0.3 is 0 Å². The van der Waals surface area contributed by atoms with Gasteiger partial charge < -0.3 is 14.6 Å². The van der Waals surface area contributed by atoms with Crippen molar-refractivity contribution in [3.8, 4) is 5.75 Å². The summed E-state index contributed by atoms with van der Waals surface area (Å²) in [6.45, 7) is 5.69. The molecule has 3 aromatic carbocycles. The number of carbonyl (C=O) groups is 1. The van der Waals surface area contributed by atoms with Crippen LogP contribution >= 0.6 is 11.6 Å². The number of ether oxygens (including phenoxy) is 1. The van der Waals surface area contributed by atoms with Crippen LogP contribution in [0.3, 0.4) is 0 Å². The highest BCUT2D eigenvalue weighted by Crippen LogP contribution is 2.22. The second kappa shape index (κ2) is 10.5. The van der Waals surface area contributed by atoms with Gasteiger partial charge in [-0.15, -0.1) is 0 Å². The third-order valence-electron chi connectivity index (χ3n) is 5.73. The molecule has 4 aromatic rings. The molecule has 1 aromatic heterocycles. The summed E-state index contributed by atoms with van der Waals surface area (Å²) in [5.41, 5.74) is 5.18. The van der Waals surface area contributed by atoms with Crippen LogP contribution in [0.4, 0.5) is 0 Å². The van der Waals surface area contributed by atoms with E-state index in [0.717, 1.165) is 44.3 Å². The van der Waals surface area contributed by atoms with Crippen LogP contribution in [-0.4, -0.2) is 28.6 Å². The van der Waals surface area contributed by atoms with Crippen molar-refractivity contribution in [2.75, 3.05) is 13.2 Å². The van der Waals surface area contributed by atoms with E-state index in [1.165, 1.54) is 0 Å². The monoisotopic (exact) mass is 461 g/mol. The normalized spacial score (nSPS) is 11.0. The number of fused-ring (bicyclic) bond motifs is 1. The molecule has 1 N–H and O–H groups in total. The van der Waals surface area contributed by atoms with Crippen molar-refractivity contribution in [2.45, 2.75) is 33.2 Å². The number of hydrogen-bond acceptors (Lipinski definition) is 3. The Kier molecular flexibility index (Phi) is 7.30. The minimum absolute atomic E-state index is 0.0217. The number of halogens is 1. The van der Waals surface area contributed by atoms with Gasteiger partial charge in [0.05, 0.1) is 24.0 Å². The molecule has 0 radical (unpaired) electrons. The fourth-order valence-corrected chi connectivity index (χ4v) is 4.00. The highest BCUT2D eigenvalue weighted by Gasteiger charge is 2.12. The van der Waals surface area contributed by atoms with Gasteiger partial charge in [0.1, 0.15) is 18.2 Å². The van der Waals surface area contributed by atoms with Crippen molar-refractivity contribution < 1.29 is 9.53 Å². The first kappa shape index (κ1) is 22.9. The standard InChI is InChI=1S/C27H28ClN3O2/c1-19-7-3-4-8-21(19)18-27(32)29-14-13-26-30-24-9-5-6-10-25(24)31(26)15-16-33-22-11-12-23(28)20(2)17-22/h3-12,17H,13-16,18H2,1-2H3,(H,29,32). The van der Waals surface area contributed by atoms with E-state index in [1.807, 2.05) is 74.5 Å². The van der Waals surface area contributed by atoms with Gasteiger partial charge in [-0.1, -0.05) is 48.0 Å². The number of rotatable bonds is 9. The minimum Gasteiger partial charge on any atom is -0.492 e. The second-order valence-corrected chi connectivity index (χ2v) is 8.54. The lowest BCUT2D eigenvalue weighted by Crippen LogP contribution is -2.28. The molecule has 0 saturated carbocycles. The molecule has 0 aliphatic carbocycles. The van der Waals surface area contributed by atoms with Crippen molar-refractivity contribution in [3.63, 3.8) is 0 Å². The van der Waals surface area contributed by atoms with E-state index >= 15 is 0 Å². The summed E-state index contributed by atoms with van der Waals surface area (Å²) in [5, 5.41) is 3.77. The molecule has 0 spiro atoms. The van der Waals surface area contributed by atoms with Gasteiger partial charge in [0, 0.05) is 18.0 Å². The summed E-state index contributed by atoms with van der Waals surface area (Å²) in [7, 11) is 0. The van der Waals surface area contributed by atoms with Crippen LogP contribution < -0.4 is 10.1 Å². The molecule has 1 amide bonds. The zero-order valence-corrected chi connectivity index (χ0v) is 19.7. The Balaban J connectivity index is 1.38. The van der Waals surface area contributed by atoms with Crippen LogP contribution in [0.2, 0.25) is 5.02 Å². The first-order valence-electron chi connectivity index (χ1n) is 11.2. The number of aryl methyl sites for hydroxylation is 2. The molecule has 0 aliphatic rings. The molecule has 5 nitrogen and oxygen atoms in total. The topological polar surface area (TPSA) is 56.1 Å². The summed E-state index contributed by atoms with van der Waals surface area (Å²) < 4.78 is 8.13. The lowest BCUT2D eigenvalue weighted by molar-refractivity contribution is -0.120. The predicted molar refractivity (Wildman–Crippen MR) is 133 cm³/mol. The van der Waals surface area contributed by atoms with Crippen molar-refractivity contribution in [3.05, 3.63) is 94.3 Å². The average molecular weight is 462 g/mol. The number of para-hydroxylation sites is 2. The molecule has 0 saturated heterocycles. The van der Waals surface area contributed by atoms with Crippen LogP contribution in [0, 0.1) is 13.8 Å². The highest BCUT2D eigenvalue weighted by molar-refractivity contribution is 6.31. The Hall–Kier alpha value is -3.31. The molecule has 1 heterocycles. The number of aromatic nitrogens is 2. The van der Waals surface area contributed by atoms with Crippen LogP contribution in [0.5, 0.6) is 5.75 Å². The number of nitrogens with one attached hydrogen (secondary N) is 1. The molecule has 6 heteroatoms. The van der Waals surface area contributed by atoms with E-state index in [0.29, 0.717) is 32.5 Å². The van der Waals surface area contributed by atoms with Crippen molar-refractivity contribution in [1.82, 2.24) is 14.9 Å². The van der Waals surface area contributed by atoms with Gasteiger partial charge in [0.2, 0.25) is 5.91 Å². The van der Waals surface area contributed by atoms with Gasteiger partial charge in [-0.2, -0.15) is 0 Å². The Bertz CT molecular complexity index is 1270. The Labute approximate surface area is 199 Å². The summed E-state index contributed by atoms with van der Waals surface area (Å²) >= 11 is 6.11. The number of nitrogens with zero attached hydrogens (tertiary/aromatic N) is 2. The Morgan fingerprint density at radius 2 is 1.82 bits per heavy atom. The molecule has 0 unspecified atom stereocenters. The van der Waals surface area contributed by atoms with Crippen LogP contribution in [0.15, 0.2) is 66.7 Å². The maximum absolute atomic E-state index is 12.4. The first-order chi connectivity index (χ1) is 16.0. The molecule has 0 aliphatic heterocycles. The maximum Gasteiger partial charge on any atom is 0.224 e. The minimum atomic E-state index is 0.0217. The van der Waals surface area contributed by atoms with Gasteiger partial charge in [-0.3, -0.25) is 4.79 Å². The third kappa shape index (κ3) is 5.74. The second-order valence-electron chi connectivity index (χ2n) is 8.13. The molecule has 4 rings (SSSR count). The van der Waals surface area contributed by atoms with Crippen molar-refractivity contribution in [1.29, 1.82) is 0 Å². The Morgan fingerprint density at radius 1 is 1.03 bits per heavy atom. The van der Waals surface area contributed by atoms with Gasteiger partial charge in [0.25, 0.3) is 0 Å². The largest absolute Gasteiger partial charge is 0.492 e. The van der Waals surface area contributed by atoms with Crippen LogP contribution in [0.25, 0.3) is 11.0 Å². The third-order valence-corrected chi connectivity index (χ3v) is 6.15. The first-order valence-corrected chi connectivity index (χ1v) is 11.5. The molecule has 0 bridgehead atoms. The molecule has 0 atom stereocenters. The lowest BCUT2D eigenvalue weighted by atomic mass is 10.1. The predicted octanol–water partition coefficient (Wildman–Crippen LogP) is 5.29. The SMILES string of the molecule is Cc1cc(OCCn2c(CCNC(=O)Cc3ccccc3C)nc3ccccc32)ccc1Cl. The van der Waals surface area contributed by atoms with E-state index in [-0.39, 0.29) is 5.91 Å². The molecule has 170 valence electrons. The van der Waals surface area contributed by atoms with E-state index in [1.54, 1.807) is 0 Å². The van der Waals surface area contributed by atoms with E-state index in [4.69, 9.17) is 21.3 Å². The van der Waals surface area contributed by atoms with Crippen molar-refractivity contribution >= 4 is 28.5 Å². The summed E-state index contributed by atoms with van der Waals surface area (Å²) in [6.07, 6.45) is 1.03. The van der Waals surface area contributed by atoms with Crippen molar-refractivity contribution in [2.24, 2.45) is 0 Å². The molecular weight excluding hydrogens is 434 g/mol. The number of hydrogen-bond donors (Lipinski definition) is 1. The highest BCUT2D eigenvalue weighted by atomic mass is 35.5. The lowest BCUT2D eigenvalue weighted by Gasteiger charge is -2.12. The number of carbonyl (C=O) groups excluding carboxylic acids is 1. The molecule has 0 fully saturated rings. The number of imidazole rings is 1. The smallest absolute Gasteiger partial charge is 0.224 e. The van der Waals surface area contributed by atoms with E-state index < -0.39 is 0 Å². The van der Waals surface area contributed by atoms with Gasteiger partial charge in [0.15, 0.2) is 0 Å². The zero-order chi connectivity index (χ0) is 23.2. The fraction of sp³-hybridized carbons (Fsp3) is 0.259. The van der Waals surface area contributed by atoms with E-state index in [2.05, 4.69) is 16.0 Å². The Morgan fingerprint density at radius 3 is 2.64 bits per heavy atom. The number of amides is 1. The van der Waals surface area contributed by atoms with Gasteiger partial charge in [-0.25, -0.2) is 4.98 Å². The summed E-state index contributed by atoms with van der Waals surface area (Å²) in [6, 6.07) is 21.7. The van der Waals surface area contributed by atoms with Crippen LogP contribution in [-0.2, 0) is 24.2 Å². The average Bonchev–Trinajstić information content (AvgIpc) is 3.15. The number of benzene rings is 3. The van der Waals surface area contributed by atoms with Crippen LogP contribution in [0.1, 0.15) is 22.5 Å². The zero-order valence-electron chi connectivity index (χ0n) is 19.0. The summed E-state index contributed by atoms with van der Waals surface area (Å²) in [4.78, 5) is 17.2.